The van der Waals surface area contributed by atoms with Crippen molar-refractivity contribution in [3.8, 4) is 0 Å². The van der Waals surface area contributed by atoms with E-state index < -0.39 is 0 Å². The summed E-state index contributed by atoms with van der Waals surface area (Å²) in [4.78, 5) is 14.2. The summed E-state index contributed by atoms with van der Waals surface area (Å²) in [6.45, 7) is 4.00. The highest BCUT2D eigenvalue weighted by Gasteiger charge is 2.07. The summed E-state index contributed by atoms with van der Waals surface area (Å²) in [6, 6.07) is 4.49. The van der Waals surface area contributed by atoms with E-state index in [2.05, 4.69) is 10.3 Å². The first-order chi connectivity index (χ1) is 8.20. The van der Waals surface area contributed by atoms with E-state index in [-0.39, 0.29) is 18.1 Å². The molecule has 0 aliphatic carbocycles. The van der Waals surface area contributed by atoms with Gasteiger partial charge >= 0.3 is 0 Å². The number of rotatable bonds is 2. The third-order valence-electron chi connectivity index (χ3n) is 2.36. The Bertz CT molecular complexity index is 505. The second kappa shape index (κ2) is 6.03. The van der Waals surface area contributed by atoms with Crippen molar-refractivity contribution < 1.29 is 9.18 Å². The second-order valence-corrected chi connectivity index (χ2v) is 3.35. The third-order valence-corrected chi connectivity index (χ3v) is 2.36. The van der Waals surface area contributed by atoms with E-state index in [1.54, 1.807) is 19.3 Å². The van der Waals surface area contributed by atoms with Crippen molar-refractivity contribution in [2.45, 2.75) is 20.3 Å². The first kappa shape index (κ1) is 13.2. The van der Waals surface area contributed by atoms with Crippen molar-refractivity contribution in [1.29, 1.82) is 0 Å². The van der Waals surface area contributed by atoms with Crippen molar-refractivity contribution in [2.24, 2.45) is 0 Å². The van der Waals surface area contributed by atoms with E-state index in [0.717, 1.165) is 16.5 Å². The van der Waals surface area contributed by atoms with Crippen LogP contribution in [0.25, 0.3) is 10.9 Å². The van der Waals surface area contributed by atoms with Gasteiger partial charge in [-0.3, -0.25) is 4.79 Å². The molecule has 0 spiro atoms. The Kier molecular flexibility index (Phi) is 4.69. The van der Waals surface area contributed by atoms with Crippen molar-refractivity contribution in [2.75, 3.05) is 7.05 Å². The van der Waals surface area contributed by atoms with Crippen LogP contribution in [0.5, 0.6) is 0 Å². The van der Waals surface area contributed by atoms with E-state index in [4.69, 9.17) is 0 Å². The highest BCUT2D eigenvalue weighted by atomic mass is 19.1. The zero-order chi connectivity index (χ0) is 12.8. The van der Waals surface area contributed by atoms with Gasteiger partial charge in [0.05, 0.1) is 6.42 Å². The third kappa shape index (κ3) is 3.06. The molecule has 0 saturated heterocycles. The van der Waals surface area contributed by atoms with Gasteiger partial charge in [0, 0.05) is 24.1 Å². The molecule has 3 nitrogen and oxygen atoms in total. The number of nitrogens with one attached hydrogen (secondary N) is 2. The summed E-state index contributed by atoms with van der Waals surface area (Å²) in [6.07, 6.45) is 2.00. The number of carbonyl (C=O) groups excluding carboxylic acids is 1. The molecule has 17 heavy (non-hydrogen) atoms. The van der Waals surface area contributed by atoms with Crippen molar-refractivity contribution in [3.63, 3.8) is 0 Å². The quantitative estimate of drug-likeness (QED) is 0.827. The highest BCUT2D eigenvalue weighted by molar-refractivity contribution is 5.88. The summed E-state index contributed by atoms with van der Waals surface area (Å²) < 4.78 is 13.0. The number of benzene rings is 1. The minimum atomic E-state index is -0.291. The Morgan fingerprint density at radius 2 is 2.12 bits per heavy atom. The number of hydrogen-bond acceptors (Lipinski definition) is 1. The average molecular weight is 236 g/mol. The number of fused-ring (bicyclic) bond motifs is 1. The van der Waals surface area contributed by atoms with Crippen LogP contribution >= 0.6 is 0 Å². The van der Waals surface area contributed by atoms with Crippen LogP contribution < -0.4 is 5.32 Å². The highest BCUT2D eigenvalue weighted by Crippen LogP contribution is 2.19. The van der Waals surface area contributed by atoms with Gasteiger partial charge in [-0.25, -0.2) is 4.39 Å². The number of aromatic amines is 1. The Morgan fingerprint density at radius 3 is 2.76 bits per heavy atom. The summed E-state index contributed by atoms with van der Waals surface area (Å²) >= 11 is 0. The Balaban J connectivity index is 0.000000686. The molecule has 1 aromatic carbocycles. The molecule has 0 aliphatic heterocycles. The van der Waals surface area contributed by atoms with Crippen LogP contribution in [-0.2, 0) is 11.2 Å². The first-order valence-corrected chi connectivity index (χ1v) is 5.67. The zero-order valence-corrected chi connectivity index (χ0v) is 10.3. The van der Waals surface area contributed by atoms with Crippen molar-refractivity contribution >= 4 is 16.8 Å². The van der Waals surface area contributed by atoms with E-state index in [1.807, 2.05) is 13.8 Å². The lowest BCUT2D eigenvalue weighted by molar-refractivity contribution is -0.119. The lowest BCUT2D eigenvalue weighted by Crippen LogP contribution is -2.19. The van der Waals surface area contributed by atoms with E-state index in [0.29, 0.717) is 0 Å². The van der Waals surface area contributed by atoms with Crippen LogP contribution in [0, 0.1) is 5.82 Å². The summed E-state index contributed by atoms with van der Waals surface area (Å²) in [5.41, 5.74) is 1.65. The fourth-order valence-corrected chi connectivity index (χ4v) is 1.56. The fourth-order valence-electron chi connectivity index (χ4n) is 1.56. The number of hydrogen-bond donors (Lipinski definition) is 2. The second-order valence-electron chi connectivity index (χ2n) is 3.35. The molecule has 0 unspecified atom stereocenters. The van der Waals surface area contributed by atoms with Crippen molar-refractivity contribution in [1.82, 2.24) is 10.3 Å². The number of carbonyl (C=O) groups is 1. The maximum absolute atomic E-state index is 13.0. The molecular weight excluding hydrogens is 219 g/mol. The summed E-state index contributed by atoms with van der Waals surface area (Å²) in [5.74, 6) is -0.375. The van der Waals surface area contributed by atoms with Gasteiger partial charge in [0.15, 0.2) is 0 Å². The molecule has 0 fully saturated rings. The minimum Gasteiger partial charge on any atom is -0.361 e. The zero-order valence-electron chi connectivity index (χ0n) is 10.3. The minimum absolute atomic E-state index is 0.0832. The molecule has 0 aliphatic rings. The van der Waals surface area contributed by atoms with E-state index >= 15 is 0 Å². The SMILES string of the molecule is CC.CNC(=O)Cc1c[nH]c2ccc(F)cc12. The molecule has 0 radical (unpaired) electrons. The van der Waals surface area contributed by atoms with Gasteiger partial charge in [-0.15, -0.1) is 0 Å². The number of halogens is 1. The van der Waals surface area contributed by atoms with E-state index in [1.165, 1.54) is 12.1 Å². The lowest BCUT2D eigenvalue weighted by Gasteiger charge is -1.98. The number of amides is 1. The topological polar surface area (TPSA) is 44.9 Å². The molecule has 92 valence electrons. The van der Waals surface area contributed by atoms with Crippen LogP contribution in [0.4, 0.5) is 4.39 Å². The standard InChI is InChI=1S/C11H11FN2O.C2H6/c1-13-11(15)4-7-6-14-10-3-2-8(12)5-9(7)10;1-2/h2-3,5-6,14H,4H2,1H3,(H,13,15);1-2H3. The molecule has 4 heteroatoms. The molecule has 0 atom stereocenters. The van der Waals surface area contributed by atoms with Gasteiger partial charge in [-0.05, 0) is 23.8 Å². The fraction of sp³-hybridized carbons (Fsp3) is 0.308. The molecular formula is C13H17FN2O. The molecule has 1 aromatic heterocycles. The van der Waals surface area contributed by atoms with Crippen LogP contribution in [0.1, 0.15) is 19.4 Å². The molecule has 2 rings (SSSR count). The average Bonchev–Trinajstić information content (AvgIpc) is 2.74. The maximum atomic E-state index is 13.0. The summed E-state index contributed by atoms with van der Waals surface area (Å²) in [7, 11) is 1.58. The predicted molar refractivity (Wildman–Crippen MR) is 67.4 cm³/mol. The molecule has 0 saturated carbocycles. The van der Waals surface area contributed by atoms with Crippen LogP contribution in [0.3, 0.4) is 0 Å². The van der Waals surface area contributed by atoms with Crippen molar-refractivity contribution in [3.05, 3.63) is 35.8 Å². The van der Waals surface area contributed by atoms with Gasteiger partial charge in [-0.2, -0.15) is 0 Å². The van der Waals surface area contributed by atoms with Crippen LogP contribution in [0.15, 0.2) is 24.4 Å². The molecule has 1 amide bonds. The lowest BCUT2D eigenvalue weighted by atomic mass is 10.1. The Hall–Kier alpha value is -1.84. The van der Waals surface area contributed by atoms with Crippen LogP contribution in [-0.4, -0.2) is 17.9 Å². The molecule has 2 N–H and O–H groups in total. The first-order valence-electron chi connectivity index (χ1n) is 5.67. The van der Waals surface area contributed by atoms with Gasteiger partial charge < -0.3 is 10.3 Å². The largest absolute Gasteiger partial charge is 0.361 e. The molecule has 0 bridgehead atoms. The van der Waals surface area contributed by atoms with Crippen LogP contribution in [0.2, 0.25) is 0 Å². The normalized spacial score (nSPS) is 9.65. The van der Waals surface area contributed by atoms with Gasteiger partial charge in [0.25, 0.3) is 0 Å². The number of likely N-dealkylation sites (N-methyl/N-ethyl adjacent to an activating group) is 1. The Labute approximate surface area is 100 Å². The monoisotopic (exact) mass is 236 g/mol. The van der Waals surface area contributed by atoms with Gasteiger partial charge in [0.1, 0.15) is 5.82 Å². The molecule has 2 aromatic rings. The number of aromatic nitrogens is 1. The number of H-pyrrole nitrogens is 1. The van der Waals surface area contributed by atoms with Gasteiger partial charge in [0.2, 0.25) is 5.91 Å². The summed E-state index contributed by atoms with van der Waals surface area (Å²) in [5, 5.41) is 3.30. The van der Waals surface area contributed by atoms with Gasteiger partial charge in [-0.1, -0.05) is 13.8 Å². The predicted octanol–water partition coefficient (Wildman–Crippen LogP) is 2.62. The maximum Gasteiger partial charge on any atom is 0.224 e. The molecule has 1 heterocycles. The Morgan fingerprint density at radius 1 is 1.41 bits per heavy atom. The van der Waals surface area contributed by atoms with E-state index in [9.17, 15) is 9.18 Å². The smallest absolute Gasteiger partial charge is 0.224 e.